The molecule has 0 amide bonds. The summed E-state index contributed by atoms with van der Waals surface area (Å²) in [5, 5.41) is 9.15. The molecule has 0 fully saturated rings. The normalized spacial score (nSPS) is 10.7. The van der Waals surface area contributed by atoms with Gasteiger partial charge in [0.2, 0.25) is 0 Å². The van der Waals surface area contributed by atoms with Crippen LogP contribution in [0.25, 0.3) is 17.1 Å². The van der Waals surface area contributed by atoms with E-state index in [9.17, 15) is 4.39 Å². The van der Waals surface area contributed by atoms with E-state index in [-0.39, 0.29) is 5.82 Å². The molecule has 3 rings (SSSR count). The van der Waals surface area contributed by atoms with Gasteiger partial charge in [0.15, 0.2) is 11.0 Å². The minimum Gasteiger partial charge on any atom is -0.270 e. The Kier molecular flexibility index (Phi) is 3.47. The first kappa shape index (κ1) is 12.8. The van der Waals surface area contributed by atoms with E-state index in [0.717, 1.165) is 16.4 Å². The molecule has 0 spiro atoms. The van der Waals surface area contributed by atoms with Gasteiger partial charge in [0.1, 0.15) is 5.82 Å². The van der Waals surface area contributed by atoms with Crippen molar-refractivity contribution in [1.82, 2.24) is 19.7 Å². The second-order valence-electron chi connectivity index (χ2n) is 4.06. The summed E-state index contributed by atoms with van der Waals surface area (Å²) in [5.41, 5.74) is 1.74. The van der Waals surface area contributed by atoms with E-state index in [2.05, 4.69) is 15.2 Å². The smallest absolute Gasteiger partial charge is 0.195 e. The average Bonchev–Trinajstić information content (AvgIpc) is 2.93. The van der Waals surface area contributed by atoms with Crippen LogP contribution in [0.4, 0.5) is 4.39 Å². The summed E-state index contributed by atoms with van der Waals surface area (Å²) >= 11 is 1.49. The van der Waals surface area contributed by atoms with Crippen LogP contribution in [0.2, 0.25) is 0 Å². The van der Waals surface area contributed by atoms with Crippen molar-refractivity contribution in [1.29, 1.82) is 0 Å². The summed E-state index contributed by atoms with van der Waals surface area (Å²) in [5.74, 6) is 0.446. The molecule has 6 heteroatoms. The number of rotatable bonds is 3. The quantitative estimate of drug-likeness (QED) is 0.694. The molecule has 0 aliphatic rings. The lowest BCUT2D eigenvalue weighted by Gasteiger charge is -2.09. The van der Waals surface area contributed by atoms with Crippen LogP contribution in [0, 0.1) is 5.82 Å². The number of halogens is 1. The maximum Gasteiger partial charge on any atom is 0.195 e. The molecule has 0 saturated heterocycles. The number of nitrogens with zero attached hydrogens (tertiary/aromatic N) is 4. The third-order valence-corrected chi connectivity index (χ3v) is 3.47. The van der Waals surface area contributed by atoms with E-state index in [1.807, 2.05) is 23.0 Å². The second-order valence-corrected chi connectivity index (χ2v) is 4.83. The minimum absolute atomic E-state index is 0.266. The highest BCUT2D eigenvalue weighted by Crippen LogP contribution is 2.26. The van der Waals surface area contributed by atoms with Gasteiger partial charge in [0.25, 0.3) is 0 Å². The van der Waals surface area contributed by atoms with Crippen LogP contribution in [0.3, 0.4) is 0 Å². The molecule has 0 saturated carbocycles. The Morgan fingerprint density at radius 3 is 2.35 bits per heavy atom. The molecule has 0 aliphatic carbocycles. The topological polar surface area (TPSA) is 43.6 Å². The van der Waals surface area contributed by atoms with E-state index >= 15 is 0 Å². The number of pyridine rings is 1. The van der Waals surface area contributed by atoms with Crippen LogP contribution in [-0.2, 0) is 0 Å². The largest absolute Gasteiger partial charge is 0.270 e. The summed E-state index contributed by atoms with van der Waals surface area (Å²) in [6, 6.07) is 10.0. The zero-order valence-corrected chi connectivity index (χ0v) is 11.5. The third-order valence-electron chi connectivity index (χ3n) is 2.84. The molecule has 0 N–H and O–H groups in total. The SMILES string of the molecule is CSc1nnc(-c2ccncc2)n1-c1ccc(F)cc1. The van der Waals surface area contributed by atoms with E-state index < -0.39 is 0 Å². The Labute approximate surface area is 119 Å². The van der Waals surface area contributed by atoms with Gasteiger partial charge in [-0.25, -0.2) is 4.39 Å². The summed E-state index contributed by atoms with van der Waals surface area (Å²) in [4.78, 5) is 4.00. The summed E-state index contributed by atoms with van der Waals surface area (Å²) in [6.07, 6.45) is 5.34. The summed E-state index contributed by atoms with van der Waals surface area (Å²) < 4.78 is 15.0. The van der Waals surface area contributed by atoms with Crippen molar-refractivity contribution < 1.29 is 4.39 Å². The number of hydrogen-bond donors (Lipinski definition) is 0. The van der Waals surface area contributed by atoms with Crippen molar-refractivity contribution in [2.24, 2.45) is 0 Å². The van der Waals surface area contributed by atoms with Crippen LogP contribution >= 0.6 is 11.8 Å². The van der Waals surface area contributed by atoms with E-state index in [1.165, 1.54) is 23.9 Å². The molecule has 3 aromatic rings. The fourth-order valence-electron chi connectivity index (χ4n) is 1.91. The first-order valence-electron chi connectivity index (χ1n) is 5.95. The number of thioether (sulfide) groups is 1. The van der Waals surface area contributed by atoms with Crippen molar-refractivity contribution in [2.45, 2.75) is 5.16 Å². The molecule has 4 nitrogen and oxygen atoms in total. The summed E-state index contributed by atoms with van der Waals surface area (Å²) in [6.45, 7) is 0. The monoisotopic (exact) mass is 286 g/mol. The van der Waals surface area contributed by atoms with Gasteiger partial charge in [-0.15, -0.1) is 10.2 Å². The zero-order valence-electron chi connectivity index (χ0n) is 10.7. The Bertz CT molecular complexity index is 710. The van der Waals surface area contributed by atoms with Crippen molar-refractivity contribution in [3.63, 3.8) is 0 Å². The summed E-state index contributed by atoms with van der Waals surface area (Å²) in [7, 11) is 0. The molecule has 100 valence electrons. The predicted octanol–water partition coefficient (Wildman–Crippen LogP) is 3.19. The molecule has 0 aliphatic heterocycles. The Hall–Kier alpha value is -2.21. The highest BCUT2D eigenvalue weighted by atomic mass is 32.2. The lowest BCUT2D eigenvalue weighted by atomic mass is 10.2. The van der Waals surface area contributed by atoms with Crippen LogP contribution in [-0.4, -0.2) is 26.0 Å². The number of benzene rings is 1. The molecule has 0 atom stereocenters. The fourth-order valence-corrected chi connectivity index (χ4v) is 2.41. The molecule has 2 heterocycles. The Morgan fingerprint density at radius 1 is 1.00 bits per heavy atom. The van der Waals surface area contributed by atoms with Crippen molar-refractivity contribution in [2.75, 3.05) is 6.26 Å². The minimum atomic E-state index is -0.266. The Balaban J connectivity index is 2.18. The second kappa shape index (κ2) is 5.42. The number of aromatic nitrogens is 4. The maximum atomic E-state index is 13.1. The van der Waals surface area contributed by atoms with Gasteiger partial charge in [-0.05, 0) is 42.7 Å². The van der Waals surface area contributed by atoms with E-state index in [4.69, 9.17) is 0 Å². The fraction of sp³-hybridized carbons (Fsp3) is 0.0714. The van der Waals surface area contributed by atoms with Crippen molar-refractivity contribution in [3.8, 4) is 17.1 Å². The van der Waals surface area contributed by atoms with Gasteiger partial charge >= 0.3 is 0 Å². The molecule has 0 bridgehead atoms. The van der Waals surface area contributed by atoms with Gasteiger partial charge in [-0.2, -0.15) is 0 Å². The maximum absolute atomic E-state index is 13.1. The van der Waals surface area contributed by atoms with E-state index in [0.29, 0.717) is 5.82 Å². The Morgan fingerprint density at radius 2 is 1.70 bits per heavy atom. The highest BCUT2D eigenvalue weighted by molar-refractivity contribution is 7.98. The lowest BCUT2D eigenvalue weighted by Crippen LogP contribution is -1.99. The molecule has 0 unspecified atom stereocenters. The predicted molar refractivity (Wildman–Crippen MR) is 76.3 cm³/mol. The molecule has 1 aromatic carbocycles. The molecule has 2 aromatic heterocycles. The molecule has 20 heavy (non-hydrogen) atoms. The van der Waals surface area contributed by atoms with Crippen LogP contribution in [0.15, 0.2) is 53.9 Å². The molecular formula is C14H11FN4S. The van der Waals surface area contributed by atoms with Gasteiger partial charge in [-0.1, -0.05) is 11.8 Å². The average molecular weight is 286 g/mol. The third kappa shape index (κ3) is 2.30. The first-order valence-corrected chi connectivity index (χ1v) is 7.18. The zero-order chi connectivity index (χ0) is 13.9. The molecular weight excluding hydrogens is 275 g/mol. The highest BCUT2D eigenvalue weighted by Gasteiger charge is 2.14. The van der Waals surface area contributed by atoms with Crippen molar-refractivity contribution >= 4 is 11.8 Å². The van der Waals surface area contributed by atoms with Crippen molar-refractivity contribution in [3.05, 3.63) is 54.6 Å². The van der Waals surface area contributed by atoms with E-state index in [1.54, 1.807) is 24.5 Å². The lowest BCUT2D eigenvalue weighted by molar-refractivity contribution is 0.627. The first-order chi connectivity index (χ1) is 9.79. The molecule has 0 radical (unpaired) electrons. The number of hydrogen-bond acceptors (Lipinski definition) is 4. The van der Waals surface area contributed by atoms with Gasteiger partial charge in [-0.3, -0.25) is 9.55 Å². The van der Waals surface area contributed by atoms with Gasteiger partial charge in [0, 0.05) is 23.6 Å². The van der Waals surface area contributed by atoms with Gasteiger partial charge < -0.3 is 0 Å². The van der Waals surface area contributed by atoms with Gasteiger partial charge in [0.05, 0.1) is 0 Å². The van der Waals surface area contributed by atoms with Crippen LogP contribution in [0.5, 0.6) is 0 Å². The van der Waals surface area contributed by atoms with Crippen LogP contribution in [0.1, 0.15) is 0 Å². The standard InChI is InChI=1S/C14H11FN4S/c1-20-14-18-17-13(10-6-8-16-9-7-10)19(14)12-4-2-11(15)3-5-12/h2-9H,1H3. The van der Waals surface area contributed by atoms with Crippen LogP contribution < -0.4 is 0 Å².